The fourth-order valence-electron chi connectivity index (χ4n) is 3.36. The van der Waals surface area contributed by atoms with E-state index in [1.807, 2.05) is 0 Å². The van der Waals surface area contributed by atoms with Crippen LogP contribution in [-0.4, -0.2) is 50.0 Å². The molecule has 0 spiro atoms. The largest absolute Gasteiger partial charge is 0.310 e. The van der Waals surface area contributed by atoms with Crippen molar-refractivity contribution in [1.29, 1.82) is 0 Å². The molecule has 2 fully saturated rings. The third kappa shape index (κ3) is 4.28. The molecule has 116 valence electrons. The summed E-state index contributed by atoms with van der Waals surface area (Å²) in [6, 6.07) is 11.2. The van der Waals surface area contributed by atoms with E-state index in [0.717, 1.165) is 38.9 Å². The van der Waals surface area contributed by atoms with Crippen molar-refractivity contribution in [1.82, 2.24) is 10.2 Å². The van der Waals surface area contributed by atoms with Crippen molar-refractivity contribution in [3.63, 3.8) is 0 Å². The Morgan fingerprint density at radius 3 is 2.38 bits per heavy atom. The van der Waals surface area contributed by atoms with Gasteiger partial charge in [0.2, 0.25) is 0 Å². The van der Waals surface area contributed by atoms with E-state index in [-0.39, 0.29) is 6.04 Å². The molecule has 0 aliphatic carbocycles. The average Bonchev–Trinajstić information content (AvgIpc) is 2.81. The van der Waals surface area contributed by atoms with Crippen LogP contribution in [0.25, 0.3) is 0 Å². The topological polar surface area (TPSA) is 49.4 Å². The predicted octanol–water partition coefficient (Wildman–Crippen LogP) is 1.43. The highest BCUT2D eigenvalue weighted by atomic mass is 32.2. The van der Waals surface area contributed by atoms with Gasteiger partial charge in [0.15, 0.2) is 9.84 Å². The Bertz CT molecular complexity index is 551. The van der Waals surface area contributed by atoms with Gasteiger partial charge >= 0.3 is 0 Å². The van der Waals surface area contributed by atoms with Gasteiger partial charge in [0.25, 0.3) is 0 Å². The molecule has 4 nitrogen and oxygen atoms in total. The number of hydrogen-bond donors (Lipinski definition) is 1. The first-order valence-electron chi connectivity index (χ1n) is 7.83. The molecule has 0 bridgehead atoms. The number of nitrogens with one attached hydrogen (secondary N) is 1. The molecule has 2 saturated heterocycles. The lowest BCUT2D eigenvalue weighted by molar-refractivity contribution is 0.185. The molecule has 0 radical (unpaired) electrons. The second kappa shape index (κ2) is 6.46. The maximum Gasteiger partial charge on any atom is 0.151 e. The molecular weight excluding hydrogens is 284 g/mol. The van der Waals surface area contributed by atoms with Gasteiger partial charge in [-0.15, -0.1) is 0 Å². The van der Waals surface area contributed by atoms with Gasteiger partial charge < -0.3 is 5.32 Å². The summed E-state index contributed by atoms with van der Waals surface area (Å²) in [4.78, 5) is 2.49. The number of sulfone groups is 1. The number of piperidine rings is 1. The van der Waals surface area contributed by atoms with E-state index in [1.165, 1.54) is 5.56 Å². The summed E-state index contributed by atoms with van der Waals surface area (Å²) in [5, 5.41) is 3.55. The zero-order chi connectivity index (χ0) is 14.7. The van der Waals surface area contributed by atoms with E-state index in [4.69, 9.17) is 0 Å². The standard InChI is InChI=1S/C16H24N2O2S/c19-21(20)11-8-16(13-21)17-15-6-9-18(10-7-15)12-14-4-2-1-3-5-14/h1-5,15-17H,6-13H2. The SMILES string of the molecule is O=S1(=O)CCC(NC2CCN(Cc3ccccc3)CC2)C1. The molecule has 1 aromatic carbocycles. The van der Waals surface area contributed by atoms with Crippen LogP contribution in [0.15, 0.2) is 30.3 Å². The number of rotatable bonds is 4. The molecule has 0 aromatic heterocycles. The molecule has 21 heavy (non-hydrogen) atoms. The molecule has 1 aromatic rings. The Kier molecular flexibility index (Phi) is 4.62. The highest BCUT2D eigenvalue weighted by Crippen LogP contribution is 2.17. The van der Waals surface area contributed by atoms with Crippen molar-refractivity contribution in [3.05, 3.63) is 35.9 Å². The van der Waals surface area contributed by atoms with E-state index in [1.54, 1.807) is 0 Å². The normalized spacial score (nSPS) is 27.0. The molecule has 2 aliphatic rings. The van der Waals surface area contributed by atoms with Crippen molar-refractivity contribution in [2.45, 2.75) is 37.9 Å². The van der Waals surface area contributed by atoms with Crippen LogP contribution in [0.3, 0.4) is 0 Å². The minimum atomic E-state index is -2.77. The van der Waals surface area contributed by atoms with Gasteiger partial charge in [0.05, 0.1) is 11.5 Å². The summed E-state index contributed by atoms with van der Waals surface area (Å²) in [6.07, 6.45) is 3.01. The quantitative estimate of drug-likeness (QED) is 0.914. The van der Waals surface area contributed by atoms with Gasteiger partial charge in [-0.25, -0.2) is 8.42 Å². The van der Waals surface area contributed by atoms with Crippen molar-refractivity contribution in [3.8, 4) is 0 Å². The Balaban J connectivity index is 1.43. The van der Waals surface area contributed by atoms with E-state index in [2.05, 4.69) is 40.5 Å². The molecule has 2 heterocycles. The molecule has 1 atom stereocenters. The molecule has 5 heteroatoms. The van der Waals surface area contributed by atoms with Crippen LogP contribution in [0.5, 0.6) is 0 Å². The molecule has 0 amide bonds. The van der Waals surface area contributed by atoms with E-state index >= 15 is 0 Å². The first kappa shape index (κ1) is 15.0. The van der Waals surface area contributed by atoms with Crippen LogP contribution in [0, 0.1) is 0 Å². The lowest BCUT2D eigenvalue weighted by Crippen LogP contribution is -2.46. The molecule has 1 N–H and O–H groups in total. The highest BCUT2D eigenvalue weighted by molar-refractivity contribution is 7.91. The van der Waals surface area contributed by atoms with Gasteiger partial charge in [-0.3, -0.25) is 4.90 Å². The van der Waals surface area contributed by atoms with Crippen LogP contribution in [0.1, 0.15) is 24.8 Å². The van der Waals surface area contributed by atoms with Gasteiger partial charge in [-0.1, -0.05) is 30.3 Å². The Labute approximate surface area is 127 Å². The van der Waals surface area contributed by atoms with Crippen LogP contribution >= 0.6 is 0 Å². The summed E-state index contributed by atoms with van der Waals surface area (Å²) in [5.74, 6) is 0.689. The van der Waals surface area contributed by atoms with Crippen molar-refractivity contribution in [2.24, 2.45) is 0 Å². The van der Waals surface area contributed by atoms with Crippen LogP contribution in [-0.2, 0) is 16.4 Å². The van der Waals surface area contributed by atoms with Crippen molar-refractivity contribution in [2.75, 3.05) is 24.6 Å². The van der Waals surface area contributed by atoms with E-state index in [9.17, 15) is 8.42 Å². The van der Waals surface area contributed by atoms with Gasteiger partial charge in [0, 0.05) is 18.6 Å². The first-order chi connectivity index (χ1) is 10.1. The van der Waals surface area contributed by atoms with Crippen LogP contribution in [0.4, 0.5) is 0 Å². The minimum Gasteiger partial charge on any atom is -0.310 e. The third-order valence-electron chi connectivity index (χ3n) is 4.54. The summed E-state index contributed by atoms with van der Waals surface area (Å²) in [6.45, 7) is 3.20. The summed E-state index contributed by atoms with van der Waals surface area (Å²) in [5.41, 5.74) is 1.37. The smallest absolute Gasteiger partial charge is 0.151 e. The summed E-state index contributed by atoms with van der Waals surface area (Å²) in [7, 11) is -2.77. The molecule has 0 saturated carbocycles. The molecule has 3 rings (SSSR count). The Morgan fingerprint density at radius 1 is 1.05 bits per heavy atom. The maximum atomic E-state index is 11.5. The fraction of sp³-hybridized carbons (Fsp3) is 0.625. The summed E-state index contributed by atoms with van der Waals surface area (Å²) >= 11 is 0. The van der Waals surface area contributed by atoms with Crippen LogP contribution in [0.2, 0.25) is 0 Å². The van der Waals surface area contributed by atoms with Crippen molar-refractivity contribution >= 4 is 9.84 Å². The number of nitrogens with zero attached hydrogens (tertiary/aromatic N) is 1. The van der Waals surface area contributed by atoms with Crippen LogP contribution < -0.4 is 5.32 Å². The van der Waals surface area contributed by atoms with E-state index in [0.29, 0.717) is 17.5 Å². The first-order valence-corrected chi connectivity index (χ1v) is 9.66. The Hall–Kier alpha value is -0.910. The minimum absolute atomic E-state index is 0.181. The number of likely N-dealkylation sites (tertiary alicyclic amines) is 1. The third-order valence-corrected chi connectivity index (χ3v) is 6.31. The average molecular weight is 308 g/mol. The number of hydrogen-bond acceptors (Lipinski definition) is 4. The Morgan fingerprint density at radius 2 is 1.76 bits per heavy atom. The highest BCUT2D eigenvalue weighted by Gasteiger charge is 2.30. The van der Waals surface area contributed by atoms with Gasteiger partial charge in [-0.2, -0.15) is 0 Å². The molecule has 1 unspecified atom stereocenters. The fourth-order valence-corrected chi connectivity index (χ4v) is 5.05. The molecular formula is C16H24N2O2S. The molecule has 2 aliphatic heterocycles. The zero-order valence-corrected chi connectivity index (χ0v) is 13.2. The second-order valence-corrected chi connectivity index (χ2v) is 8.53. The lowest BCUT2D eigenvalue weighted by atomic mass is 10.0. The summed E-state index contributed by atoms with van der Waals surface area (Å²) < 4.78 is 23.0. The monoisotopic (exact) mass is 308 g/mol. The van der Waals surface area contributed by atoms with Gasteiger partial charge in [-0.05, 0) is 37.9 Å². The van der Waals surface area contributed by atoms with Crippen molar-refractivity contribution < 1.29 is 8.42 Å². The zero-order valence-electron chi connectivity index (χ0n) is 12.4. The number of benzene rings is 1. The van der Waals surface area contributed by atoms with E-state index < -0.39 is 9.84 Å². The maximum absolute atomic E-state index is 11.5. The van der Waals surface area contributed by atoms with Gasteiger partial charge in [0.1, 0.15) is 0 Å². The lowest BCUT2D eigenvalue weighted by Gasteiger charge is -2.33. The predicted molar refractivity (Wildman–Crippen MR) is 84.9 cm³/mol. The second-order valence-electron chi connectivity index (χ2n) is 6.30.